The van der Waals surface area contributed by atoms with Crippen LogP contribution in [0.1, 0.15) is 40.5 Å². The molecule has 3 heteroatoms. The molecule has 0 bridgehead atoms. The number of alkyl halides is 1. The fraction of sp³-hybridized carbons (Fsp3) is 0.476. The van der Waals surface area contributed by atoms with Gasteiger partial charge in [-0.3, -0.25) is 0 Å². The van der Waals surface area contributed by atoms with Crippen molar-refractivity contribution in [3.63, 3.8) is 0 Å². The van der Waals surface area contributed by atoms with Crippen LogP contribution in [0, 0.1) is 0 Å². The quantitative estimate of drug-likeness (QED) is 0.150. The van der Waals surface area contributed by atoms with E-state index in [1.54, 1.807) is 0 Å². The van der Waals surface area contributed by atoms with Gasteiger partial charge in [-0.05, 0) is 56.6 Å². The van der Waals surface area contributed by atoms with Crippen LogP contribution in [-0.2, 0) is 9.47 Å². The van der Waals surface area contributed by atoms with Gasteiger partial charge in [-0.15, -0.1) is 5.73 Å². The van der Waals surface area contributed by atoms with E-state index in [4.69, 9.17) is 9.47 Å². The highest BCUT2D eigenvalue weighted by atomic mass is 79.9. The van der Waals surface area contributed by atoms with Crippen molar-refractivity contribution in [2.45, 2.75) is 46.6 Å². The zero-order valence-electron chi connectivity index (χ0n) is 15.4. The molecule has 134 valence electrons. The van der Waals surface area contributed by atoms with Crippen LogP contribution in [-0.4, -0.2) is 24.6 Å². The molecular formula is C21H31BrO2. The van der Waals surface area contributed by atoms with Crippen molar-refractivity contribution in [2.75, 3.05) is 18.5 Å². The maximum atomic E-state index is 5.86. The molecule has 24 heavy (non-hydrogen) atoms. The first-order valence-corrected chi connectivity index (χ1v) is 9.79. The SMILES string of the molecule is C/C=C(\C=C/C(C)OC/C1=C/C=C=C/C=C\C1)OCCCBr.CC. The molecule has 0 amide bonds. The summed E-state index contributed by atoms with van der Waals surface area (Å²) < 4.78 is 11.5. The Morgan fingerprint density at radius 3 is 2.88 bits per heavy atom. The zero-order chi connectivity index (χ0) is 18.0. The molecule has 0 spiro atoms. The van der Waals surface area contributed by atoms with Crippen LogP contribution in [0.3, 0.4) is 0 Å². The highest BCUT2D eigenvalue weighted by Gasteiger charge is 2.01. The average molecular weight is 395 g/mol. The lowest BCUT2D eigenvalue weighted by molar-refractivity contribution is 0.116. The van der Waals surface area contributed by atoms with Crippen LogP contribution in [0.2, 0.25) is 0 Å². The number of hydrogen-bond donors (Lipinski definition) is 0. The number of allylic oxidation sites excluding steroid dienone is 6. The first-order chi connectivity index (χ1) is 11.8. The van der Waals surface area contributed by atoms with E-state index in [9.17, 15) is 0 Å². The highest BCUT2D eigenvalue weighted by molar-refractivity contribution is 9.09. The summed E-state index contributed by atoms with van der Waals surface area (Å²) in [5, 5.41) is 0.959. The van der Waals surface area contributed by atoms with Gasteiger partial charge in [0, 0.05) is 5.33 Å². The minimum Gasteiger partial charge on any atom is -0.494 e. The van der Waals surface area contributed by atoms with E-state index in [-0.39, 0.29) is 6.10 Å². The van der Waals surface area contributed by atoms with Crippen molar-refractivity contribution in [1.82, 2.24) is 0 Å². The molecular weight excluding hydrogens is 364 g/mol. The van der Waals surface area contributed by atoms with Gasteiger partial charge in [0.1, 0.15) is 5.76 Å². The van der Waals surface area contributed by atoms with Gasteiger partial charge in [-0.2, -0.15) is 0 Å². The fourth-order valence-electron chi connectivity index (χ4n) is 1.74. The summed E-state index contributed by atoms with van der Waals surface area (Å²) in [5.74, 6) is 0.887. The molecule has 1 atom stereocenters. The predicted molar refractivity (Wildman–Crippen MR) is 109 cm³/mol. The van der Waals surface area contributed by atoms with E-state index in [1.807, 2.05) is 64.2 Å². The molecule has 0 N–H and O–H groups in total. The number of halogens is 1. The van der Waals surface area contributed by atoms with Crippen LogP contribution >= 0.6 is 15.9 Å². The van der Waals surface area contributed by atoms with Crippen molar-refractivity contribution in [3.05, 3.63) is 65.7 Å². The summed E-state index contributed by atoms with van der Waals surface area (Å²) in [7, 11) is 0. The average Bonchev–Trinajstić information content (AvgIpc) is 2.58. The van der Waals surface area contributed by atoms with Gasteiger partial charge in [-0.25, -0.2) is 0 Å². The maximum Gasteiger partial charge on any atom is 0.114 e. The Balaban J connectivity index is 0.00000254. The van der Waals surface area contributed by atoms with E-state index in [0.717, 1.165) is 30.5 Å². The third-order valence-corrected chi connectivity index (χ3v) is 3.58. The van der Waals surface area contributed by atoms with E-state index in [1.165, 1.54) is 5.57 Å². The molecule has 0 saturated heterocycles. The van der Waals surface area contributed by atoms with Crippen molar-refractivity contribution >= 4 is 15.9 Å². The Morgan fingerprint density at radius 1 is 1.38 bits per heavy atom. The minimum atomic E-state index is 0.0459. The van der Waals surface area contributed by atoms with Crippen molar-refractivity contribution in [3.8, 4) is 0 Å². The summed E-state index contributed by atoms with van der Waals surface area (Å²) >= 11 is 3.40. The van der Waals surface area contributed by atoms with Crippen LogP contribution < -0.4 is 0 Å². The minimum absolute atomic E-state index is 0.0459. The van der Waals surface area contributed by atoms with Crippen LogP contribution in [0.5, 0.6) is 0 Å². The number of hydrogen-bond acceptors (Lipinski definition) is 2. The monoisotopic (exact) mass is 394 g/mol. The number of ether oxygens (including phenoxy) is 2. The van der Waals surface area contributed by atoms with Crippen molar-refractivity contribution in [2.24, 2.45) is 0 Å². The molecule has 1 aliphatic rings. The van der Waals surface area contributed by atoms with Crippen LogP contribution in [0.25, 0.3) is 0 Å². The smallest absolute Gasteiger partial charge is 0.114 e. The van der Waals surface area contributed by atoms with E-state index < -0.39 is 0 Å². The van der Waals surface area contributed by atoms with Crippen LogP contribution in [0.15, 0.2) is 65.7 Å². The summed E-state index contributed by atoms with van der Waals surface area (Å²) in [6, 6.07) is 0. The Bertz CT molecular complexity index is 492. The van der Waals surface area contributed by atoms with Gasteiger partial charge in [0.15, 0.2) is 0 Å². The van der Waals surface area contributed by atoms with E-state index >= 15 is 0 Å². The second kappa shape index (κ2) is 16.6. The third kappa shape index (κ3) is 12.2. The van der Waals surface area contributed by atoms with Gasteiger partial charge in [0.25, 0.3) is 0 Å². The van der Waals surface area contributed by atoms with Gasteiger partial charge in [-0.1, -0.05) is 54.1 Å². The summed E-state index contributed by atoms with van der Waals surface area (Å²) in [5.41, 5.74) is 4.31. The fourth-order valence-corrected chi connectivity index (χ4v) is 1.97. The Kier molecular flexibility index (Phi) is 15.7. The first kappa shape index (κ1) is 22.7. The topological polar surface area (TPSA) is 18.5 Å². The van der Waals surface area contributed by atoms with E-state index in [2.05, 4.69) is 33.8 Å². The Labute approximate surface area is 156 Å². The lowest BCUT2D eigenvalue weighted by Gasteiger charge is -2.11. The molecule has 0 radical (unpaired) electrons. The third-order valence-electron chi connectivity index (χ3n) is 3.02. The molecule has 1 rings (SSSR count). The summed E-state index contributed by atoms with van der Waals surface area (Å²) in [6.45, 7) is 9.37. The summed E-state index contributed by atoms with van der Waals surface area (Å²) in [4.78, 5) is 0. The van der Waals surface area contributed by atoms with Gasteiger partial charge in [0.2, 0.25) is 0 Å². The van der Waals surface area contributed by atoms with Gasteiger partial charge < -0.3 is 9.47 Å². The second-order valence-electron chi connectivity index (χ2n) is 4.91. The van der Waals surface area contributed by atoms with Crippen LogP contribution in [0.4, 0.5) is 0 Å². The Hall–Kier alpha value is -1.28. The molecule has 0 fully saturated rings. The first-order valence-electron chi connectivity index (χ1n) is 8.66. The Morgan fingerprint density at radius 2 is 2.17 bits per heavy atom. The zero-order valence-corrected chi connectivity index (χ0v) is 17.0. The predicted octanol–water partition coefficient (Wildman–Crippen LogP) is 6.28. The van der Waals surface area contributed by atoms with Gasteiger partial charge >= 0.3 is 0 Å². The normalized spacial score (nSPS) is 18.9. The summed E-state index contributed by atoms with van der Waals surface area (Å²) in [6.07, 6.45) is 18.0. The van der Waals surface area contributed by atoms with Crippen molar-refractivity contribution < 1.29 is 9.47 Å². The maximum absolute atomic E-state index is 5.86. The molecule has 0 aromatic heterocycles. The molecule has 2 nitrogen and oxygen atoms in total. The van der Waals surface area contributed by atoms with Crippen molar-refractivity contribution in [1.29, 1.82) is 0 Å². The molecule has 0 saturated carbocycles. The molecule has 1 unspecified atom stereocenters. The largest absolute Gasteiger partial charge is 0.494 e. The lowest BCUT2D eigenvalue weighted by Crippen LogP contribution is -2.08. The molecule has 0 aliphatic heterocycles. The number of rotatable bonds is 9. The van der Waals surface area contributed by atoms with E-state index in [0.29, 0.717) is 6.61 Å². The highest BCUT2D eigenvalue weighted by Crippen LogP contribution is 2.09. The molecule has 0 heterocycles. The van der Waals surface area contributed by atoms with Gasteiger partial charge in [0.05, 0.1) is 19.3 Å². The standard InChI is InChI=1S/C19H25BrO2.C2H6/c1-3-19(21-15-9-14-20)13-12-17(2)22-16-18-10-7-5-4-6-8-11-18;1-2/h3-5,7-8,11-13,17H,9-10,14-16H2,1-2H3;1-2H3/b7-5-,13-12-,18-11+,19-3+;. The molecule has 0 aromatic carbocycles. The molecule has 0 aromatic rings. The molecule has 1 aliphatic carbocycles. The lowest BCUT2D eigenvalue weighted by atomic mass is 10.1. The second-order valence-corrected chi connectivity index (χ2v) is 5.71.